The first-order valence-corrected chi connectivity index (χ1v) is 11.5. The molecular formula is C26H32F3NO. The van der Waals surface area contributed by atoms with Crippen LogP contribution in [0.5, 0.6) is 5.75 Å². The highest BCUT2D eigenvalue weighted by molar-refractivity contribution is 5.29. The van der Waals surface area contributed by atoms with Gasteiger partial charge in [0.05, 0.1) is 6.07 Å². The Kier molecular flexibility index (Phi) is 8.63. The van der Waals surface area contributed by atoms with Gasteiger partial charge in [0.2, 0.25) is 0 Å². The third-order valence-electron chi connectivity index (χ3n) is 6.97. The van der Waals surface area contributed by atoms with Crippen LogP contribution in [0.2, 0.25) is 0 Å². The number of nitriles is 1. The fourth-order valence-corrected chi connectivity index (χ4v) is 5.19. The molecule has 0 atom stereocenters. The van der Waals surface area contributed by atoms with Crippen LogP contribution in [0.15, 0.2) is 48.6 Å². The molecule has 0 amide bonds. The minimum atomic E-state index is -4.63. The summed E-state index contributed by atoms with van der Waals surface area (Å²) in [6.07, 6.45) is 15.4. The molecule has 1 aromatic carbocycles. The van der Waals surface area contributed by atoms with Gasteiger partial charge in [-0.25, -0.2) is 0 Å². The Morgan fingerprint density at radius 2 is 1.45 bits per heavy atom. The summed E-state index contributed by atoms with van der Waals surface area (Å²) in [7, 11) is 0. The van der Waals surface area contributed by atoms with Crippen molar-refractivity contribution in [2.24, 2.45) is 17.8 Å². The van der Waals surface area contributed by atoms with E-state index in [2.05, 4.69) is 10.8 Å². The second-order valence-corrected chi connectivity index (χ2v) is 9.07. The summed E-state index contributed by atoms with van der Waals surface area (Å²) < 4.78 is 40.9. The largest absolute Gasteiger partial charge is 0.573 e. The number of hydrogen-bond acceptors (Lipinski definition) is 2. The lowest BCUT2D eigenvalue weighted by Gasteiger charge is -2.31. The molecule has 5 heteroatoms. The van der Waals surface area contributed by atoms with Crippen molar-refractivity contribution in [1.29, 1.82) is 5.26 Å². The van der Waals surface area contributed by atoms with Crippen molar-refractivity contribution < 1.29 is 17.9 Å². The van der Waals surface area contributed by atoms with E-state index >= 15 is 0 Å². The Bertz CT molecular complexity index is 759. The SMILES string of the molecule is N#CC=CC=CC1CCC(CCC2CCC(c3ccc(OC(F)(F)F)cc3)CC2)CC1. The summed E-state index contributed by atoms with van der Waals surface area (Å²) in [5.41, 5.74) is 1.13. The van der Waals surface area contributed by atoms with E-state index in [1.807, 2.05) is 18.2 Å². The van der Waals surface area contributed by atoms with Gasteiger partial charge in [-0.15, -0.1) is 13.2 Å². The van der Waals surface area contributed by atoms with E-state index in [9.17, 15) is 13.2 Å². The number of alkyl halides is 3. The molecule has 0 bridgehead atoms. The number of allylic oxidation sites excluding steroid dienone is 4. The van der Waals surface area contributed by atoms with Crippen LogP contribution < -0.4 is 4.74 Å². The molecule has 0 aliphatic heterocycles. The topological polar surface area (TPSA) is 33.0 Å². The van der Waals surface area contributed by atoms with E-state index in [1.165, 1.54) is 69.6 Å². The van der Waals surface area contributed by atoms with Crippen molar-refractivity contribution in [1.82, 2.24) is 0 Å². The first kappa shape index (κ1) is 23.4. The fraction of sp³-hybridized carbons (Fsp3) is 0.577. The number of ether oxygens (including phenoxy) is 1. The van der Waals surface area contributed by atoms with Gasteiger partial charge in [0.25, 0.3) is 0 Å². The molecule has 0 heterocycles. The lowest BCUT2D eigenvalue weighted by atomic mass is 9.74. The van der Waals surface area contributed by atoms with Gasteiger partial charge < -0.3 is 4.74 Å². The number of rotatable bonds is 7. The monoisotopic (exact) mass is 431 g/mol. The van der Waals surface area contributed by atoms with Crippen LogP contribution in [0.3, 0.4) is 0 Å². The third-order valence-corrected chi connectivity index (χ3v) is 6.97. The molecule has 0 saturated heterocycles. The maximum atomic E-state index is 12.3. The predicted molar refractivity (Wildman–Crippen MR) is 116 cm³/mol. The summed E-state index contributed by atoms with van der Waals surface area (Å²) in [4.78, 5) is 0. The molecule has 1 aromatic rings. The molecule has 3 rings (SSSR count). The molecule has 0 aromatic heterocycles. The third kappa shape index (κ3) is 8.09. The standard InChI is InChI=1S/C26H32F3NO/c27-26(28,29)31-25-17-15-24(16-18-25)23-13-11-22(12-14-23)10-9-21-7-5-20(6-8-21)4-2-1-3-19-30/h1-4,15-18,20-23H,5-14H2. The van der Waals surface area contributed by atoms with Crippen molar-refractivity contribution in [2.75, 3.05) is 0 Å². The van der Waals surface area contributed by atoms with Crippen molar-refractivity contribution in [3.63, 3.8) is 0 Å². The quantitative estimate of drug-likeness (QED) is 0.323. The highest BCUT2D eigenvalue weighted by Crippen LogP contribution is 2.40. The predicted octanol–water partition coefficient (Wildman–Crippen LogP) is 8.08. The van der Waals surface area contributed by atoms with Crippen LogP contribution in [0, 0.1) is 29.1 Å². The van der Waals surface area contributed by atoms with E-state index in [1.54, 1.807) is 12.1 Å². The summed E-state index contributed by atoms with van der Waals surface area (Å²) in [6, 6.07) is 8.44. The summed E-state index contributed by atoms with van der Waals surface area (Å²) in [5.74, 6) is 2.60. The Hall–Kier alpha value is -2.22. The minimum Gasteiger partial charge on any atom is -0.406 e. The molecule has 2 nitrogen and oxygen atoms in total. The van der Waals surface area contributed by atoms with Crippen LogP contribution in [0.4, 0.5) is 13.2 Å². The molecule has 2 fully saturated rings. The van der Waals surface area contributed by atoms with Gasteiger partial charge in [0.15, 0.2) is 0 Å². The van der Waals surface area contributed by atoms with E-state index in [0.29, 0.717) is 11.8 Å². The molecule has 2 saturated carbocycles. The second-order valence-electron chi connectivity index (χ2n) is 9.07. The van der Waals surface area contributed by atoms with E-state index in [0.717, 1.165) is 30.2 Å². The van der Waals surface area contributed by atoms with Crippen molar-refractivity contribution in [3.05, 3.63) is 54.1 Å². The van der Waals surface area contributed by atoms with Crippen LogP contribution in [0.1, 0.15) is 75.7 Å². The lowest BCUT2D eigenvalue weighted by molar-refractivity contribution is -0.274. The average Bonchev–Trinajstić information content (AvgIpc) is 2.76. The van der Waals surface area contributed by atoms with Gasteiger partial charge >= 0.3 is 6.36 Å². The summed E-state index contributed by atoms with van der Waals surface area (Å²) in [6.45, 7) is 0. The summed E-state index contributed by atoms with van der Waals surface area (Å²) >= 11 is 0. The molecule has 31 heavy (non-hydrogen) atoms. The van der Waals surface area contributed by atoms with Gasteiger partial charge in [-0.1, -0.05) is 43.2 Å². The van der Waals surface area contributed by atoms with Crippen molar-refractivity contribution in [3.8, 4) is 11.8 Å². The molecule has 0 N–H and O–H groups in total. The van der Waals surface area contributed by atoms with Gasteiger partial charge in [0.1, 0.15) is 5.75 Å². The van der Waals surface area contributed by atoms with Gasteiger partial charge in [-0.2, -0.15) is 5.26 Å². The number of nitrogens with zero attached hydrogens (tertiary/aromatic N) is 1. The Labute approximate surface area is 183 Å². The van der Waals surface area contributed by atoms with Gasteiger partial charge in [-0.05, 0) is 92.7 Å². The minimum absolute atomic E-state index is 0.145. The van der Waals surface area contributed by atoms with E-state index in [4.69, 9.17) is 5.26 Å². The maximum Gasteiger partial charge on any atom is 0.573 e. The second kappa shape index (κ2) is 11.4. The molecule has 2 aliphatic rings. The molecule has 2 aliphatic carbocycles. The molecule has 168 valence electrons. The van der Waals surface area contributed by atoms with E-state index < -0.39 is 6.36 Å². The van der Waals surface area contributed by atoms with Crippen LogP contribution in [0.25, 0.3) is 0 Å². The van der Waals surface area contributed by atoms with Gasteiger partial charge in [0, 0.05) is 6.08 Å². The molecule has 0 radical (unpaired) electrons. The van der Waals surface area contributed by atoms with Crippen molar-refractivity contribution >= 4 is 0 Å². The summed E-state index contributed by atoms with van der Waals surface area (Å²) in [5, 5.41) is 8.51. The number of benzene rings is 1. The Morgan fingerprint density at radius 3 is 2.00 bits per heavy atom. The Balaban J connectivity index is 1.34. The number of hydrogen-bond donors (Lipinski definition) is 0. The zero-order valence-corrected chi connectivity index (χ0v) is 18.0. The van der Waals surface area contributed by atoms with Crippen LogP contribution >= 0.6 is 0 Å². The lowest BCUT2D eigenvalue weighted by Crippen LogP contribution is -2.18. The number of halogens is 3. The maximum absolute atomic E-state index is 12.3. The molecular weight excluding hydrogens is 399 g/mol. The van der Waals surface area contributed by atoms with Crippen molar-refractivity contribution in [2.45, 2.75) is 76.5 Å². The average molecular weight is 432 g/mol. The van der Waals surface area contributed by atoms with Crippen LogP contribution in [-0.4, -0.2) is 6.36 Å². The fourth-order valence-electron chi connectivity index (χ4n) is 5.19. The first-order chi connectivity index (χ1) is 14.9. The van der Waals surface area contributed by atoms with Gasteiger partial charge in [-0.3, -0.25) is 0 Å². The first-order valence-electron chi connectivity index (χ1n) is 11.5. The molecule has 0 unspecified atom stereocenters. The highest BCUT2D eigenvalue weighted by Gasteiger charge is 2.31. The van der Waals surface area contributed by atoms with E-state index in [-0.39, 0.29) is 5.75 Å². The normalized spacial score (nSPS) is 27.4. The zero-order valence-electron chi connectivity index (χ0n) is 18.0. The molecule has 0 spiro atoms. The zero-order chi connectivity index (χ0) is 22.1. The Morgan fingerprint density at radius 1 is 0.871 bits per heavy atom. The smallest absolute Gasteiger partial charge is 0.406 e. The highest BCUT2D eigenvalue weighted by atomic mass is 19.4. The van der Waals surface area contributed by atoms with Crippen LogP contribution in [-0.2, 0) is 0 Å².